The van der Waals surface area contributed by atoms with E-state index >= 15 is 0 Å². The molecule has 4 aromatic rings. The zero-order valence-corrected chi connectivity index (χ0v) is 19.3. The monoisotopic (exact) mass is 478 g/mol. The van der Waals surface area contributed by atoms with E-state index in [4.69, 9.17) is 4.74 Å². The molecule has 0 saturated heterocycles. The molecule has 0 unspecified atom stereocenters. The molecule has 0 aliphatic rings. The molecule has 3 aromatic heterocycles. The Morgan fingerprint density at radius 3 is 2.50 bits per heavy atom. The lowest BCUT2D eigenvalue weighted by Crippen LogP contribution is -2.01. The lowest BCUT2D eigenvalue weighted by atomic mass is 10.2. The van der Waals surface area contributed by atoms with Crippen molar-refractivity contribution in [3.8, 4) is 5.75 Å². The first-order chi connectivity index (χ1) is 13.8. The Kier molecular flexibility index (Phi) is 9.39. The Balaban J connectivity index is 0.00000160. The first kappa shape index (κ1) is 24.0. The Hall–Kier alpha value is -2.32. The summed E-state index contributed by atoms with van der Waals surface area (Å²) in [4.78, 5) is 15.2. The minimum atomic E-state index is 0. The van der Waals surface area contributed by atoms with Crippen LogP contribution in [-0.4, -0.2) is 15.0 Å². The standard InChI is InChI=1S/C21H18N4OS2.2ClH/c1-15-14-27-21(24-15)25-20-19(26-13-16-5-3-2-4-6-16)11-18(12-23-20)28-17-7-9-22-10-8-17;;/h2-12,14H,13H2,1H3,(H,23,24,25);2*1H. The van der Waals surface area contributed by atoms with Gasteiger partial charge in [0.1, 0.15) is 6.61 Å². The maximum Gasteiger partial charge on any atom is 0.188 e. The third-order valence-corrected chi connectivity index (χ3v) is 5.64. The second-order valence-corrected chi connectivity index (χ2v) is 8.00. The van der Waals surface area contributed by atoms with Crippen molar-refractivity contribution in [1.29, 1.82) is 0 Å². The molecule has 0 atom stereocenters. The molecule has 0 spiro atoms. The maximum atomic E-state index is 6.11. The molecule has 0 amide bonds. The number of halogens is 2. The van der Waals surface area contributed by atoms with Crippen molar-refractivity contribution >= 4 is 58.9 Å². The van der Waals surface area contributed by atoms with Gasteiger partial charge in [-0.15, -0.1) is 36.2 Å². The number of ether oxygens (including phenoxy) is 1. The molecule has 0 bridgehead atoms. The second-order valence-electron chi connectivity index (χ2n) is 6.00. The van der Waals surface area contributed by atoms with E-state index in [1.54, 1.807) is 35.5 Å². The van der Waals surface area contributed by atoms with Crippen LogP contribution in [-0.2, 0) is 6.61 Å². The van der Waals surface area contributed by atoms with Crippen LogP contribution >= 0.6 is 47.9 Å². The molecule has 0 saturated carbocycles. The molecule has 1 aromatic carbocycles. The number of hydrogen-bond acceptors (Lipinski definition) is 7. The van der Waals surface area contributed by atoms with Crippen molar-refractivity contribution < 1.29 is 4.74 Å². The van der Waals surface area contributed by atoms with Crippen molar-refractivity contribution in [1.82, 2.24) is 15.0 Å². The van der Waals surface area contributed by atoms with Crippen LogP contribution in [0.5, 0.6) is 5.75 Å². The van der Waals surface area contributed by atoms with Crippen LogP contribution in [0.25, 0.3) is 0 Å². The molecular formula is C21H20Cl2N4OS2. The highest BCUT2D eigenvalue weighted by molar-refractivity contribution is 7.99. The highest BCUT2D eigenvalue weighted by Crippen LogP contribution is 2.34. The van der Waals surface area contributed by atoms with Crippen molar-refractivity contribution in [2.45, 2.75) is 23.3 Å². The van der Waals surface area contributed by atoms with Crippen LogP contribution < -0.4 is 10.1 Å². The number of rotatable bonds is 7. The largest absolute Gasteiger partial charge is 0.485 e. The number of thiazole rings is 1. The number of nitrogens with zero attached hydrogens (tertiary/aromatic N) is 3. The maximum absolute atomic E-state index is 6.11. The Morgan fingerprint density at radius 1 is 1.03 bits per heavy atom. The van der Waals surface area contributed by atoms with E-state index in [0.29, 0.717) is 18.2 Å². The van der Waals surface area contributed by atoms with E-state index in [0.717, 1.165) is 26.2 Å². The van der Waals surface area contributed by atoms with Crippen molar-refractivity contribution in [3.63, 3.8) is 0 Å². The van der Waals surface area contributed by atoms with Gasteiger partial charge in [-0.05, 0) is 30.7 Å². The molecule has 30 heavy (non-hydrogen) atoms. The van der Waals surface area contributed by atoms with Gasteiger partial charge in [0.15, 0.2) is 16.7 Å². The highest BCUT2D eigenvalue weighted by atomic mass is 35.5. The number of pyridine rings is 2. The van der Waals surface area contributed by atoms with Gasteiger partial charge in [0.05, 0.1) is 5.69 Å². The zero-order valence-electron chi connectivity index (χ0n) is 16.0. The molecule has 0 aliphatic heterocycles. The van der Waals surface area contributed by atoms with Crippen molar-refractivity contribution in [2.24, 2.45) is 0 Å². The summed E-state index contributed by atoms with van der Waals surface area (Å²) in [6, 6.07) is 16.0. The fraction of sp³-hybridized carbons (Fsp3) is 0.0952. The molecule has 1 N–H and O–H groups in total. The van der Waals surface area contributed by atoms with E-state index in [1.807, 2.05) is 67.0 Å². The van der Waals surface area contributed by atoms with Gasteiger partial charge in [-0.1, -0.05) is 42.1 Å². The molecular weight excluding hydrogens is 459 g/mol. The quantitative estimate of drug-likeness (QED) is 0.324. The number of aryl methyl sites for hydroxylation is 1. The number of benzene rings is 1. The first-order valence-electron chi connectivity index (χ1n) is 8.70. The molecule has 0 radical (unpaired) electrons. The molecule has 156 valence electrons. The fourth-order valence-electron chi connectivity index (χ4n) is 2.48. The summed E-state index contributed by atoms with van der Waals surface area (Å²) in [5.74, 6) is 1.35. The topological polar surface area (TPSA) is 59.9 Å². The lowest BCUT2D eigenvalue weighted by molar-refractivity contribution is 0.306. The predicted octanol–water partition coefficient (Wildman–Crippen LogP) is 6.56. The molecule has 5 nitrogen and oxygen atoms in total. The molecule has 3 heterocycles. The summed E-state index contributed by atoms with van der Waals surface area (Å²) in [5, 5.41) is 6.07. The van der Waals surface area contributed by atoms with E-state index in [-0.39, 0.29) is 24.8 Å². The van der Waals surface area contributed by atoms with E-state index in [2.05, 4.69) is 20.3 Å². The average Bonchev–Trinajstić information content (AvgIpc) is 3.14. The number of aromatic nitrogens is 3. The molecule has 9 heteroatoms. The van der Waals surface area contributed by atoms with E-state index in [9.17, 15) is 0 Å². The zero-order chi connectivity index (χ0) is 19.2. The Morgan fingerprint density at radius 2 is 1.80 bits per heavy atom. The van der Waals surface area contributed by atoms with Crippen LogP contribution in [0.2, 0.25) is 0 Å². The molecule has 0 aliphatic carbocycles. The van der Waals surface area contributed by atoms with Gasteiger partial charge in [0, 0.05) is 33.8 Å². The minimum absolute atomic E-state index is 0. The summed E-state index contributed by atoms with van der Waals surface area (Å²) in [7, 11) is 0. The highest BCUT2D eigenvalue weighted by Gasteiger charge is 2.11. The van der Waals surface area contributed by atoms with Crippen LogP contribution in [0.4, 0.5) is 10.9 Å². The van der Waals surface area contributed by atoms with Gasteiger partial charge in [0.25, 0.3) is 0 Å². The number of anilines is 2. The van der Waals surface area contributed by atoms with Crippen molar-refractivity contribution in [3.05, 3.63) is 83.8 Å². The van der Waals surface area contributed by atoms with Crippen LogP contribution in [0.15, 0.2) is 82.3 Å². The van der Waals surface area contributed by atoms with Gasteiger partial charge in [-0.25, -0.2) is 9.97 Å². The summed E-state index contributed by atoms with van der Waals surface area (Å²) < 4.78 is 6.11. The van der Waals surface area contributed by atoms with Gasteiger partial charge in [-0.2, -0.15) is 0 Å². The van der Waals surface area contributed by atoms with E-state index in [1.165, 1.54) is 0 Å². The number of nitrogens with one attached hydrogen (secondary N) is 1. The third-order valence-electron chi connectivity index (χ3n) is 3.79. The van der Waals surface area contributed by atoms with Crippen LogP contribution in [0.1, 0.15) is 11.3 Å². The SMILES string of the molecule is Cc1csc(Nc2ncc(Sc3ccncc3)cc2OCc2ccccc2)n1.Cl.Cl. The fourth-order valence-corrected chi connectivity index (χ4v) is 3.97. The summed E-state index contributed by atoms with van der Waals surface area (Å²) in [6.45, 7) is 2.44. The second kappa shape index (κ2) is 11.8. The number of hydrogen-bond donors (Lipinski definition) is 1. The van der Waals surface area contributed by atoms with Crippen molar-refractivity contribution in [2.75, 3.05) is 5.32 Å². The smallest absolute Gasteiger partial charge is 0.188 e. The minimum Gasteiger partial charge on any atom is -0.485 e. The Bertz CT molecular complexity index is 1050. The molecule has 4 rings (SSSR count). The third kappa shape index (κ3) is 6.60. The lowest BCUT2D eigenvalue weighted by Gasteiger charge is -2.13. The molecule has 0 fully saturated rings. The van der Waals surface area contributed by atoms with E-state index < -0.39 is 0 Å². The summed E-state index contributed by atoms with van der Waals surface area (Å²) >= 11 is 3.16. The Labute approximate surface area is 196 Å². The summed E-state index contributed by atoms with van der Waals surface area (Å²) in [6.07, 6.45) is 5.40. The predicted molar refractivity (Wildman–Crippen MR) is 128 cm³/mol. The van der Waals surface area contributed by atoms with Gasteiger partial charge < -0.3 is 10.1 Å². The van der Waals surface area contributed by atoms with Gasteiger partial charge in [-0.3, -0.25) is 4.98 Å². The summed E-state index contributed by atoms with van der Waals surface area (Å²) in [5.41, 5.74) is 2.08. The average molecular weight is 479 g/mol. The first-order valence-corrected chi connectivity index (χ1v) is 10.4. The van der Waals surface area contributed by atoms with Gasteiger partial charge >= 0.3 is 0 Å². The van der Waals surface area contributed by atoms with Crippen LogP contribution in [0, 0.1) is 6.92 Å². The van der Waals surface area contributed by atoms with Gasteiger partial charge in [0.2, 0.25) is 0 Å². The van der Waals surface area contributed by atoms with Crippen LogP contribution in [0.3, 0.4) is 0 Å². The normalized spacial score (nSPS) is 9.90.